The maximum Gasteiger partial charge on any atom is 0.275 e. The van der Waals surface area contributed by atoms with Gasteiger partial charge in [0.15, 0.2) is 0 Å². The Bertz CT molecular complexity index is 636. The van der Waals surface area contributed by atoms with Gasteiger partial charge < -0.3 is 5.32 Å². The van der Waals surface area contributed by atoms with Crippen LogP contribution in [0.3, 0.4) is 0 Å². The Morgan fingerprint density at radius 3 is 2.45 bits per heavy atom. The number of nitrogens with one attached hydrogen (secondary N) is 1. The monoisotopic (exact) mass is 290 g/mol. The molecule has 0 unspecified atom stereocenters. The first-order valence-electron chi connectivity index (χ1n) is 6.22. The van der Waals surface area contributed by atoms with Gasteiger partial charge in [-0.25, -0.2) is 0 Å². The minimum Gasteiger partial charge on any atom is -0.380 e. The number of halogens is 1. The van der Waals surface area contributed by atoms with Gasteiger partial charge in [0.2, 0.25) is 0 Å². The molecule has 0 amide bonds. The second-order valence-electron chi connectivity index (χ2n) is 4.65. The van der Waals surface area contributed by atoms with Crippen molar-refractivity contribution >= 4 is 23.0 Å². The van der Waals surface area contributed by atoms with Crippen LogP contribution in [0.25, 0.3) is 0 Å². The maximum atomic E-state index is 11.0. The highest BCUT2D eigenvalue weighted by Crippen LogP contribution is 2.25. The van der Waals surface area contributed by atoms with E-state index in [4.69, 9.17) is 11.6 Å². The van der Waals surface area contributed by atoms with Crippen molar-refractivity contribution in [3.05, 3.63) is 68.2 Å². The molecule has 0 atom stereocenters. The van der Waals surface area contributed by atoms with Crippen LogP contribution in [0.5, 0.6) is 0 Å². The van der Waals surface area contributed by atoms with Gasteiger partial charge in [-0.3, -0.25) is 10.1 Å². The van der Waals surface area contributed by atoms with Crippen molar-refractivity contribution in [3.63, 3.8) is 0 Å². The molecular formula is C15H15ClN2O2. The standard InChI is InChI=1S/C15H15ClN2O2/c1-10-4-3-5-11(2)15(10)17-9-12-6-7-13(16)8-14(12)18(19)20/h3-8,17H,9H2,1-2H3. The Balaban J connectivity index is 2.25. The smallest absolute Gasteiger partial charge is 0.275 e. The molecule has 0 saturated carbocycles. The molecule has 5 heteroatoms. The molecule has 1 N–H and O–H groups in total. The Kier molecular flexibility index (Phi) is 4.25. The molecule has 0 aromatic heterocycles. The Morgan fingerprint density at radius 2 is 1.85 bits per heavy atom. The van der Waals surface area contributed by atoms with Gasteiger partial charge >= 0.3 is 0 Å². The largest absolute Gasteiger partial charge is 0.380 e. The van der Waals surface area contributed by atoms with Crippen LogP contribution >= 0.6 is 11.6 Å². The second-order valence-corrected chi connectivity index (χ2v) is 5.09. The van der Waals surface area contributed by atoms with Gasteiger partial charge in [0.1, 0.15) is 0 Å². The molecule has 104 valence electrons. The van der Waals surface area contributed by atoms with E-state index < -0.39 is 4.92 Å². The summed E-state index contributed by atoms with van der Waals surface area (Å²) in [6.45, 7) is 4.40. The molecule has 4 nitrogen and oxygen atoms in total. The molecule has 0 fully saturated rings. The lowest BCUT2D eigenvalue weighted by Gasteiger charge is -2.12. The van der Waals surface area contributed by atoms with E-state index >= 15 is 0 Å². The van der Waals surface area contributed by atoms with Crippen molar-refractivity contribution in [1.82, 2.24) is 0 Å². The summed E-state index contributed by atoms with van der Waals surface area (Å²) >= 11 is 5.80. The third kappa shape index (κ3) is 3.08. The van der Waals surface area contributed by atoms with Crippen LogP contribution in [0, 0.1) is 24.0 Å². The van der Waals surface area contributed by atoms with Crippen LogP contribution in [0.2, 0.25) is 5.02 Å². The van der Waals surface area contributed by atoms with Crippen molar-refractivity contribution < 1.29 is 4.92 Å². The summed E-state index contributed by atoms with van der Waals surface area (Å²) < 4.78 is 0. The minimum atomic E-state index is -0.409. The SMILES string of the molecule is Cc1cccc(C)c1NCc1ccc(Cl)cc1[N+](=O)[O-]. The van der Waals surface area contributed by atoms with Gasteiger partial charge in [-0.05, 0) is 37.1 Å². The van der Waals surface area contributed by atoms with Crippen LogP contribution < -0.4 is 5.32 Å². The number of anilines is 1. The average Bonchev–Trinajstić information content (AvgIpc) is 2.39. The van der Waals surface area contributed by atoms with Gasteiger partial charge in [0, 0.05) is 28.9 Å². The highest BCUT2D eigenvalue weighted by atomic mass is 35.5. The summed E-state index contributed by atoms with van der Waals surface area (Å²) in [6, 6.07) is 10.7. The first kappa shape index (κ1) is 14.3. The molecule has 20 heavy (non-hydrogen) atoms. The zero-order valence-electron chi connectivity index (χ0n) is 11.3. The normalized spacial score (nSPS) is 10.3. The molecule has 0 aliphatic carbocycles. The average molecular weight is 291 g/mol. The summed E-state index contributed by atoms with van der Waals surface area (Å²) in [5.74, 6) is 0. The van der Waals surface area contributed by atoms with Crippen molar-refractivity contribution in [1.29, 1.82) is 0 Å². The molecule has 2 aromatic rings. The first-order valence-corrected chi connectivity index (χ1v) is 6.59. The van der Waals surface area contributed by atoms with Crippen molar-refractivity contribution in [2.24, 2.45) is 0 Å². The second kappa shape index (κ2) is 5.92. The van der Waals surface area contributed by atoms with Gasteiger partial charge in [-0.2, -0.15) is 0 Å². The first-order chi connectivity index (χ1) is 9.49. The van der Waals surface area contributed by atoms with E-state index in [0.29, 0.717) is 17.1 Å². The van der Waals surface area contributed by atoms with Gasteiger partial charge in [-0.1, -0.05) is 29.8 Å². The molecule has 0 aliphatic heterocycles. The molecule has 0 heterocycles. The maximum absolute atomic E-state index is 11.0. The fourth-order valence-corrected chi connectivity index (χ4v) is 2.30. The fraction of sp³-hybridized carbons (Fsp3) is 0.200. The zero-order chi connectivity index (χ0) is 14.7. The Morgan fingerprint density at radius 1 is 1.20 bits per heavy atom. The van der Waals surface area contributed by atoms with Crippen LogP contribution in [0.4, 0.5) is 11.4 Å². The lowest BCUT2D eigenvalue weighted by atomic mass is 10.1. The van der Waals surface area contributed by atoms with Crippen LogP contribution in [-0.2, 0) is 6.54 Å². The summed E-state index contributed by atoms with van der Waals surface area (Å²) in [5.41, 5.74) is 3.89. The number of nitro groups is 1. The summed E-state index contributed by atoms with van der Waals surface area (Å²) in [7, 11) is 0. The number of benzene rings is 2. The third-order valence-electron chi connectivity index (χ3n) is 3.18. The number of nitrogens with zero attached hydrogens (tertiary/aromatic N) is 1. The Labute approximate surface area is 122 Å². The number of aryl methyl sites for hydroxylation is 2. The molecule has 0 saturated heterocycles. The molecule has 0 bridgehead atoms. The number of hydrogen-bond acceptors (Lipinski definition) is 3. The van der Waals surface area contributed by atoms with Crippen LogP contribution in [0.1, 0.15) is 16.7 Å². The van der Waals surface area contributed by atoms with Gasteiger partial charge in [0.25, 0.3) is 5.69 Å². The minimum absolute atomic E-state index is 0.0382. The fourth-order valence-electron chi connectivity index (χ4n) is 2.13. The number of rotatable bonds is 4. The number of hydrogen-bond donors (Lipinski definition) is 1. The van der Waals surface area contributed by atoms with Crippen LogP contribution in [-0.4, -0.2) is 4.92 Å². The van der Waals surface area contributed by atoms with E-state index in [9.17, 15) is 10.1 Å². The van der Waals surface area contributed by atoms with E-state index in [1.54, 1.807) is 12.1 Å². The van der Waals surface area contributed by atoms with Crippen molar-refractivity contribution in [3.8, 4) is 0 Å². The predicted molar refractivity (Wildman–Crippen MR) is 81.3 cm³/mol. The molecule has 0 radical (unpaired) electrons. The van der Waals surface area contributed by atoms with Gasteiger partial charge in [0.05, 0.1) is 4.92 Å². The quantitative estimate of drug-likeness (QED) is 0.667. The van der Waals surface area contributed by atoms with Crippen LogP contribution in [0.15, 0.2) is 36.4 Å². The zero-order valence-corrected chi connectivity index (χ0v) is 12.1. The molecule has 2 rings (SSSR count). The molecular weight excluding hydrogens is 276 g/mol. The highest BCUT2D eigenvalue weighted by molar-refractivity contribution is 6.30. The van der Waals surface area contributed by atoms with E-state index in [2.05, 4.69) is 5.32 Å². The highest BCUT2D eigenvalue weighted by Gasteiger charge is 2.14. The molecule has 0 aliphatic rings. The van der Waals surface area contributed by atoms with E-state index in [0.717, 1.165) is 16.8 Å². The lowest BCUT2D eigenvalue weighted by Crippen LogP contribution is -2.05. The van der Waals surface area contributed by atoms with E-state index in [-0.39, 0.29) is 5.69 Å². The van der Waals surface area contributed by atoms with E-state index in [1.165, 1.54) is 6.07 Å². The summed E-state index contributed by atoms with van der Waals surface area (Å²) in [5, 5.41) is 14.7. The third-order valence-corrected chi connectivity index (χ3v) is 3.42. The lowest BCUT2D eigenvalue weighted by molar-refractivity contribution is -0.385. The summed E-state index contributed by atoms with van der Waals surface area (Å²) in [6.07, 6.45) is 0. The number of nitro benzene ring substituents is 1. The van der Waals surface area contributed by atoms with Crippen molar-refractivity contribution in [2.75, 3.05) is 5.32 Å². The Hall–Kier alpha value is -2.07. The predicted octanol–water partition coefficient (Wildman–Crippen LogP) is 4.48. The summed E-state index contributed by atoms with van der Waals surface area (Å²) in [4.78, 5) is 10.6. The molecule has 0 spiro atoms. The number of para-hydroxylation sites is 1. The topological polar surface area (TPSA) is 55.2 Å². The van der Waals surface area contributed by atoms with Gasteiger partial charge in [-0.15, -0.1) is 0 Å². The molecule has 2 aromatic carbocycles. The van der Waals surface area contributed by atoms with E-state index in [1.807, 2.05) is 32.0 Å². The van der Waals surface area contributed by atoms with Crippen molar-refractivity contribution in [2.45, 2.75) is 20.4 Å².